The van der Waals surface area contributed by atoms with Gasteiger partial charge in [-0.1, -0.05) is 6.07 Å². The van der Waals surface area contributed by atoms with Gasteiger partial charge in [-0.05, 0) is 24.1 Å². The molecule has 0 bridgehead atoms. The normalized spacial score (nSPS) is 9.93. The van der Waals surface area contributed by atoms with E-state index in [4.69, 9.17) is 0 Å². The van der Waals surface area contributed by atoms with Crippen LogP contribution in [0, 0.1) is 11.6 Å². The van der Waals surface area contributed by atoms with Crippen LogP contribution in [-0.4, -0.2) is 12.5 Å². The third kappa shape index (κ3) is 3.12. The van der Waals surface area contributed by atoms with Crippen molar-refractivity contribution in [1.82, 2.24) is 5.32 Å². The zero-order valence-corrected chi connectivity index (χ0v) is 7.81. The molecule has 0 spiro atoms. The van der Waals surface area contributed by atoms with Crippen molar-refractivity contribution < 1.29 is 13.6 Å². The van der Waals surface area contributed by atoms with Gasteiger partial charge < -0.3 is 5.32 Å². The van der Waals surface area contributed by atoms with Crippen LogP contribution in [0.5, 0.6) is 0 Å². The summed E-state index contributed by atoms with van der Waals surface area (Å²) in [6, 6.07) is 3.72. The van der Waals surface area contributed by atoms with Gasteiger partial charge in [0.05, 0.1) is 0 Å². The lowest BCUT2D eigenvalue weighted by molar-refractivity contribution is -0.118. The quantitative estimate of drug-likeness (QED) is 0.787. The second-order valence-corrected chi connectivity index (χ2v) is 2.98. The van der Waals surface area contributed by atoms with Gasteiger partial charge in [0.2, 0.25) is 5.91 Å². The summed E-state index contributed by atoms with van der Waals surface area (Å²) in [5, 5.41) is 2.57. The fourth-order valence-electron chi connectivity index (χ4n) is 1.08. The molecule has 0 saturated carbocycles. The maximum absolute atomic E-state index is 12.7. The SMILES string of the molecule is CC(=O)NCCc1ccc(F)c(F)c1. The van der Waals surface area contributed by atoms with Crippen LogP contribution in [0.3, 0.4) is 0 Å². The molecule has 1 aromatic carbocycles. The molecule has 0 atom stereocenters. The van der Waals surface area contributed by atoms with Crippen LogP contribution < -0.4 is 5.32 Å². The summed E-state index contributed by atoms with van der Waals surface area (Å²) in [5.41, 5.74) is 0.664. The Kier molecular flexibility index (Phi) is 3.56. The van der Waals surface area contributed by atoms with Crippen molar-refractivity contribution in [2.45, 2.75) is 13.3 Å². The highest BCUT2D eigenvalue weighted by molar-refractivity contribution is 5.72. The minimum Gasteiger partial charge on any atom is -0.356 e. The van der Waals surface area contributed by atoms with Crippen LogP contribution in [-0.2, 0) is 11.2 Å². The molecule has 0 aliphatic carbocycles. The van der Waals surface area contributed by atoms with Crippen LogP contribution in [0.4, 0.5) is 8.78 Å². The Morgan fingerprint density at radius 3 is 2.64 bits per heavy atom. The van der Waals surface area contributed by atoms with Crippen LogP contribution >= 0.6 is 0 Å². The summed E-state index contributed by atoms with van der Waals surface area (Å²) in [7, 11) is 0. The lowest BCUT2D eigenvalue weighted by Crippen LogP contribution is -2.22. The van der Waals surface area contributed by atoms with E-state index in [-0.39, 0.29) is 5.91 Å². The van der Waals surface area contributed by atoms with Gasteiger partial charge in [-0.3, -0.25) is 4.79 Å². The molecule has 76 valence electrons. The highest BCUT2D eigenvalue weighted by Crippen LogP contribution is 2.08. The van der Waals surface area contributed by atoms with E-state index in [1.807, 2.05) is 0 Å². The Bertz CT molecular complexity index is 339. The molecular weight excluding hydrogens is 188 g/mol. The molecule has 1 aromatic rings. The Morgan fingerprint density at radius 2 is 2.07 bits per heavy atom. The van der Waals surface area contributed by atoms with E-state index in [1.165, 1.54) is 13.0 Å². The van der Waals surface area contributed by atoms with E-state index in [9.17, 15) is 13.6 Å². The Morgan fingerprint density at radius 1 is 1.36 bits per heavy atom. The van der Waals surface area contributed by atoms with E-state index in [2.05, 4.69) is 5.32 Å². The first-order chi connectivity index (χ1) is 6.59. The lowest BCUT2D eigenvalue weighted by Gasteiger charge is -2.02. The molecule has 0 heterocycles. The van der Waals surface area contributed by atoms with Crippen molar-refractivity contribution >= 4 is 5.91 Å². The van der Waals surface area contributed by atoms with E-state index >= 15 is 0 Å². The van der Waals surface area contributed by atoms with Crippen molar-refractivity contribution in [3.63, 3.8) is 0 Å². The van der Waals surface area contributed by atoms with E-state index in [0.717, 1.165) is 12.1 Å². The van der Waals surface area contributed by atoms with Crippen molar-refractivity contribution in [2.75, 3.05) is 6.54 Å². The predicted octanol–water partition coefficient (Wildman–Crippen LogP) is 1.64. The lowest BCUT2D eigenvalue weighted by atomic mass is 10.1. The number of rotatable bonds is 3. The van der Waals surface area contributed by atoms with Gasteiger partial charge in [-0.15, -0.1) is 0 Å². The third-order valence-corrected chi connectivity index (χ3v) is 1.77. The molecule has 0 unspecified atom stereocenters. The largest absolute Gasteiger partial charge is 0.356 e. The molecule has 1 N–H and O–H groups in total. The van der Waals surface area contributed by atoms with Crippen molar-refractivity contribution in [2.24, 2.45) is 0 Å². The number of hydrogen-bond donors (Lipinski definition) is 1. The van der Waals surface area contributed by atoms with Crippen molar-refractivity contribution in [3.05, 3.63) is 35.4 Å². The zero-order valence-electron chi connectivity index (χ0n) is 7.81. The molecule has 2 nitrogen and oxygen atoms in total. The number of benzene rings is 1. The van der Waals surface area contributed by atoms with Crippen molar-refractivity contribution in [1.29, 1.82) is 0 Å². The Balaban J connectivity index is 2.51. The topological polar surface area (TPSA) is 29.1 Å². The van der Waals surface area contributed by atoms with E-state index in [1.54, 1.807) is 0 Å². The molecule has 0 aromatic heterocycles. The van der Waals surface area contributed by atoms with Crippen LogP contribution in [0.1, 0.15) is 12.5 Å². The zero-order chi connectivity index (χ0) is 10.6. The number of amides is 1. The van der Waals surface area contributed by atoms with Gasteiger partial charge in [0.15, 0.2) is 11.6 Å². The Hall–Kier alpha value is -1.45. The minimum atomic E-state index is -0.856. The standard InChI is InChI=1S/C10H11F2NO/c1-7(14)13-5-4-8-2-3-9(11)10(12)6-8/h2-3,6H,4-5H2,1H3,(H,13,14). The maximum atomic E-state index is 12.7. The highest BCUT2D eigenvalue weighted by Gasteiger charge is 2.02. The Labute approximate surface area is 80.9 Å². The highest BCUT2D eigenvalue weighted by atomic mass is 19.2. The van der Waals surface area contributed by atoms with Crippen molar-refractivity contribution in [3.8, 4) is 0 Å². The molecule has 14 heavy (non-hydrogen) atoms. The van der Waals surface area contributed by atoms with E-state index in [0.29, 0.717) is 18.5 Å². The van der Waals surface area contributed by atoms with Gasteiger partial charge in [-0.2, -0.15) is 0 Å². The smallest absolute Gasteiger partial charge is 0.216 e. The number of carbonyl (C=O) groups is 1. The van der Waals surface area contributed by atoms with Crippen LogP contribution in [0.2, 0.25) is 0 Å². The average molecular weight is 199 g/mol. The van der Waals surface area contributed by atoms with Gasteiger partial charge in [-0.25, -0.2) is 8.78 Å². The summed E-state index contributed by atoms with van der Waals surface area (Å²) >= 11 is 0. The number of carbonyl (C=O) groups excluding carboxylic acids is 1. The molecule has 0 aliphatic heterocycles. The average Bonchev–Trinajstić information content (AvgIpc) is 2.10. The molecule has 0 radical (unpaired) electrons. The van der Waals surface area contributed by atoms with Gasteiger partial charge in [0.1, 0.15) is 0 Å². The van der Waals surface area contributed by atoms with Crippen LogP contribution in [0.25, 0.3) is 0 Å². The summed E-state index contributed by atoms with van der Waals surface area (Å²) in [6.45, 7) is 1.84. The second kappa shape index (κ2) is 4.69. The number of halogens is 2. The minimum absolute atomic E-state index is 0.132. The second-order valence-electron chi connectivity index (χ2n) is 2.98. The maximum Gasteiger partial charge on any atom is 0.216 e. The van der Waals surface area contributed by atoms with Gasteiger partial charge in [0, 0.05) is 13.5 Å². The molecule has 0 aliphatic rings. The first-order valence-electron chi connectivity index (χ1n) is 4.28. The molecule has 0 saturated heterocycles. The predicted molar refractivity (Wildman–Crippen MR) is 48.7 cm³/mol. The fourth-order valence-corrected chi connectivity index (χ4v) is 1.08. The summed E-state index contributed by atoms with van der Waals surface area (Å²) < 4.78 is 25.2. The monoisotopic (exact) mass is 199 g/mol. The fraction of sp³-hybridized carbons (Fsp3) is 0.300. The number of nitrogens with one attached hydrogen (secondary N) is 1. The molecular formula is C10H11F2NO. The molecule has 1 amide bonds. The first kappa shape index (κ1) is 10.6. The summed E-state index contributed by atoms with van der Waals surface area (Å²) in [4.78, 5) is 10.5. The molecule has 0 fully saturated rings. The number of hydrogen-bond acceptors (Lipinski definition) is 1. The first-order valence-corrected chi connectivity index (χ1v) is 4.28. The molecule has 1 rings (SSSR count). The van der Waals surface area contributed by atoms with Crippen LogP contribution in [0.15, 0.2) is 18.2 Å². The summed E-state index contributed by atoms with van der Waals surface area (Å²) in [6.07, 6.45) is 0.497. The summed E-state index contributed by atoms with van der Waals surface area (Å²) in [5.74, 6) is -1.84. The molecule has 4 heteroatoms. The third-order valence-electron chi connectivity index (χ3n) is 1.77. The van der Waals surface area contributed by atoms with E-state index < -0.39 is 11.6 Å². The van der Waals surface area contributed by atoms with Gasteiger partial charge in [0.25, 0.3) is 0 Å². The van der Waals surface area contributed by atoms with Gasteiger partial charge >= 0.3 is 0 Å².